The molecule has 0 unspecified atom stereocenters. The predicted molar refractivity (Wildman–Crippen MR) is 53.9 cm³/mol. The molecule has 4 nitrogen and oxygen atoms in total. The maximum atomic E-state index is 11.0. The van der Waals surface area contributed by atoms with Gasteiger partial charge in [0.2, 0.25) is 0 Å². The van der Waals surface area contributed by atoms with Crippen molar-refractivity contribution in [3.05, 3.63) is 20.4 Å². The van der Waals surface area contributed by atoms with E-state index >= 15 is 0 Å². The molecule has 13 heavy (non-hydrogen) atoms. The van der Waals surface area contributed by atoms with Gasteiger partial charge in [0.05, 0.1) is 0 Å². The molecule has 0 saturated heterocycles. The van der Waals surface area contributed by atoms with E-state index in [0.717, 1.165) is 19.4 Å². The van der Waals surface area contributed by atoms with E-state index in [1.165, 1.54) is 0 Å². The normalized spacial score (nSPS) is 10.6. The Hall–Kier alpha value is -1.32. The van der Waals surface area contributed by atoms with Gasteiger partial charge in [-0.05, 0) is 6.42 Å². The van der Waals surface area contributed by atoms with Crippen LogP contribution in [0.15, 0.2) is 9.59 Å². The Bertz CT molecular complexity index is 363. The number of nitrogens with two attached hydrogens (primary N) is 1. The molecule has 1 rings (SSSR count). The second kappa shape index (κ2) is 3.60. The lowest BCUT2D eigenvalue weighted by atomic mass is 10.1. The molecule has 0 radical (unpaired) electrons. The van der Waals surface area contributed by atoms with Crippen LogP contribution in [-0.4, -0.2) is 13.6 Å². The Kier molecular flexibility index (Phi) is 2.70. The van der Waals surface area contributed by atoms with Gasteiger partial charge in [-0.15, -0.1) is 0 Å². The van der Waals surface area contributed by atoms with Crippen molar-refractivity contribution < 1.29 is 0 Å². The summed E-state index contributed by atoms with van der Waals surface area (Å²) in [4.78, 5) is 23.6. The smallest absolute Gasteiger partial charge is 0.253 e. The first-order chi connectivity index (χ1) is 6.09. The van der Waals surface area contributed by atoms with Crippen molar-refractivity contribution in [3.8, 4) is 0 Å². The van der Waals surface area contributed by atoms with Gasteiger partial charge in [0.15, 0.2) is 0 Å². The molecule has 1 aromatic carbocycles. The molecule has 0 bridgehead atoms. The maximum Gasteiger partial charge on any atom is 0.253 e. The van der Waals surface area contributed by atoms with E-state index in [1.807, 2.05) is 0 Å². The van der Waals surface area contributed by atoms with E-state index in [2.05, 4.69) is 6.92 Å². The quantitative estimate of drug-likeness (QED) is 0.671. The standard InChI is InChI=1S/C9H14N2O2/c1-3-4-5-11(2)7-6(10)8(12)9(7)13/h3-5,10H2,1-2H3. The van der Waals surface area contributed by atoms with Crippen LogP contribution >= 0.6 is 0 Å². The Morgan fingerprint density at radius 1 is 1.31 bits per heavy atom. The predicted octanol–water partition coefficient (Wildman–Crippen LogP) is 0.101. The van der Waals surface area contributed by atoms with Crippen LogP contribution in [0.2, 0.25) is 0 Å². The summed E-state index contributed by atoms with van der Waals surface area (Å²) in [5, 5.41) is 0. The van der Waals surface area contributed by atoms with E-state index < -0.39 is 10.9 Å². The van der Waals surface area contributed by atoms with Crippen molar-refractivity contribution in [2.45, 2.75) is 19.8 Å². The van der Waals surface area contributed by atoms with Gasteiger partial charge in [-0.2, -0.15) is 0 Å². The fourth-order valence-corrected chi connectivity index (χ4v) is 1.28. The van der Waals surface area contributed by atoms with Gasteiger partial charge in [0.25, 0.3) is 10.9 Å². The fraction of sp³-hybridized carbons (Fsp3) is 0.556. The van der Waals surface area contributed by atoms with E-state index in [9.17, 15) is 9.59 Å². The third kappa shape index (κ3) is 1.56. The van der Waals surface area contributed by atoms with Crippen LogP contribution in [0.5, 0.6) is 0 Å². The molecule has 0 heterocycles. The summed E-state index contributed by atoms with van der Waals surface area (Å²) < 4.78 is 0. The maximum absolute atomic E-state index is 11.0. The van der Waals surface area contributed by atoms with Crippen LogP contribution in [0, 0.1) is 0 Å². The molecule has 0 spiro atoms. The highest BCUT2D eigenvalue weighted by Crippen LogP contribution is 2.14. The lowest BCUT2D eigenvalue weighted by molar-refractivity contribution is 0.763. The Morgan fingerprint density at radius 2 is 1.92 bits per heavy atom. The highest BCUT2D eigenvalue weighted by Gasteiger charge is 2.20. The summed E-state index contributed by atoms with van der Waals surface area (Å²) in [5.41, 5.74) is 4.91. The lowest BCUT2D eigenvalue weighted by Crippen LogP contribution is -2.41. The number of rotatable bonds is 4. The zero-order valence-electron chi connectivity index (χ0n) is 7.96. The molecular weight excluding hydrogens is 168 g/mol. The first kappa shape index (κ1) is 9.77. The highest BCUT2D eigenvalue weighted by atomic mass is 16.2. The highest BCUT2D eigenvalue weighted by molar-refractivity contribution is 5.72. The largest absolute Gasteiger partial charge is 0.394 e. The lowest BCUT2D eigenvalue weighted by Gasteiger charge is -2.20. The summed E-state index contributed by atoms with van der Waals surface area (Å²) in [6.45, 7) is 2.84. The van der Waals surface area contributed by atoms with E-state index in [0.29, 0.717) is 5.69 Å². The minimum absolute atomic E-state index is 0.114. The van der Waals surface area contributed by atoms with E-state index in [1.54, 1.807) is 11.9 Å². The van der Waals surface area contributed by atoms with Gasteiger partial charge < -0.3 is 10.6 Å². The summed E-state index contributed by atoms with van der Waals surface area (Å²) in [6.07, 6.45) is 2.05. The van der Waals surface area contributed by atoms with Crippen molar-refractivity contribution in [1.29, 1.82) is 0 Å². The summed E-state index contributed by atoms with van der Waals surface area (Å²) in [5.74, 6) is 0. The van der Waals surface area contributed by atoms with Gasteiger partial charge in [0.1, 0.15) is 11.4 Å². The minimum atomic E-state index is -0.543. The number of nitrogens with zero attached hydrogens (tertiary/aromatic N) is 1. The molecule has 0 aliphatic heterocycles. The van der Waals surface area contributed by atoms with Crippen LogP contribution in [0.1, 0.15) is 19.8 Å². The summed E-state index contributed by atoms with van der Waals surface area (Å²) >= 11 is 0. The topological polar surface area (TPSA) is 63.4 Å². The fourth-order valence-electron chi connectivity index (χ4n) is 1.28. The first-order valence-electron chi connectivity index (χ1n) is 4.39. The SMILES string of the molecule is CCCCN(C)c1c(N)c(=O)c1=O. The van der Waals surface area contributed by atoms with Crippen molar-refractivity contribution in [2.75, 3.05) is 24.2 Å². The first-order valence-corrected chi connectivity index (χ1v) is 4.39. The molecule has 0 amide bonds. The van der Waals surface area contributed by atoms with Crippen molar-refractivity contribution in [3.63, 3.8) is 0 Å². The van der Waals surface area contributed by atoms with E-state index in [4.69, 9.17) is 5.73 Å². The molecule has 2 N–H and O–H groups in total. The number of unbranched alkanes of at least 4 members (excludes halogenated alkanes) is 1. The summed E-state index contributed by atoms with van der Waals surface area (Å²) in [6, 6.07) is 0. The van der Waals surface area contributed by atoms with Gasteiger partial charge >= 0.3 is 0 Å². The number of hydrogen-bond acceptors (Lipinski definition) is 4. The number of anilines is 2. The van der Waals surface area contributed by atoms with Gasteiger partial charge in [-0.3, -0.25) is 9.59 Å². The summed E-state index contributed by atoms with van der Waals surface area (Å²) in [7, 11) is 1.78. The van der Waals surface area contributed by atoms with Gasteiger partial charge in [0, 0.05) is 13.6 Å². The van der Waals surface area contributed by atoms with Crippen molar-refractivity contribution in [1.82, 2.24) is 0 Å². The minimum Gasteiger partial charge on any atom is -0.394 e. The molecule has 72 valence electrons. The molecule has 0 aliphatic rings. The second-order valence-electron chi connectivity index (χ2n) is 3.20. The molecule has 1 aromatic rings. The monoisotopic (exact) mass is 182 g/mol. The molecule has 0 atom stereocenters. The van der Waals surface area contributed by atoms with Crippen molar-refractivity contribution >= 4 is 11.4 Å². The molecular formula is C9H14N2O2. The molecule has 0 fully saturated rings. The Labute approximate surface area is 76.7 Å². The van der Waals surface area contributed by atoms with Crippen LogP contribution in [0.3, 0.4) is 0 Å². The van der Waals surface area contributed by atoms with Crippen LogP contribution in [0.4, 0.5) is 11.4 Å². The van der Waals surface area contributed by atoms with Crippen LogP contribution in [-0.2, 0) is 0 Å². The van der Waals surface area contributed by atoms with Crippen LogP contribution < -0.4 is 21.5 Å². The van der Waals surface area contributed by atoms with Gasteiger partial charge in [-0.25, -0.2) is 0 Å². The third-order valence-corrected chi connectivity index (χ3v) is 2.15. The average Bonchev–Trinajstić information content (AvgIpc) is 2.14. The molecule has 4 heteroatoms. The Balaban J connectivity index is 2.74. The van der Waals surface area contributed by atoms with Crippen molar-refractivity contribution in [2.24, 2.45) is 0 Å². The zero-order chi connectivity index (χ0) is 10.0. The average molecular weight is 182 g/mol. The second-order valence-corrected chi connectivity index (χ2v) is 3.20. The van der Waals surface area contributed by atoms with E-state index in [-0.39, 0.29) is 5.69 Å². The number of nitrogen functional groups attached to an aromatic ring is 1. The van der Waals surface area contributed by atoms with Crippen LogP contribution in [0.25, 0.3) is 0 Å². The molecule has 0 aliphatic carbocycles. The third-order valence-electron chi connectivity index (χ3n) is 2.15. The number of hydrogen-bond donors (Lipinski definition) is 1. The zero-order valence-corrected chi connectivity index (χ0v) is 7.96. The van der Waals surface area contributed by atoms with Gasteiger partial charge in [-0.1, -0.05) is 13.3 Å². The molecule has 0 saturated carbocycles. The Morgan fingerprint density at radius 3 is 2.38 bits per heavy atom. The molecule has 0 aromatic heterocycles.